The molecule has 0 heterocycles. The molecule has 0 atom stereocenters. The molecule has 0 unspecified atom stereocenters. The quantitative estimate of drug-likeness (QED) is 0.524. The molecule has 0 saturated carbocycles. The first-order valence-corrected chi connectivity index (χ1v) is 8.31. The van der Waals surface area contributed by atoms with Gasteiger partial charge in [-0.3, -0.25) is 19.2 Å². The molecule has 0 aliphatic heterocycles. The molecule has 0 aromatic rings. The van der Waals surface area contributed by atoms with Gasteiger partial charge in [-0.1, -0.05) is 20.8 Å². The Morgan fingerprint density at radius 3 is 1.52 bits per heavy atom. The Bertz CT molecular complexity index is 370. The van der Waals surface area contributed by atoms with Crippen LogP contribution < -0.4 is 16.0 Å². The highest BCUT2D eigenvalue weighted by Gasteiger charge is 2.07. The van der Waals surface area contributed by atoms with Gasteiger partial charge in [-0.2, -0.15) is 0 Å². The summed E-state index contributed by atoms with van der Waals surface area (Å²) < 4.78 is 0. The molecule has 3 amide bonds. The Hall–Kier alpha value is -1.92. The molecule has 3 N–H and O–H groups in total. The van der Waals surface area contributed by atoms with Gasteiger partial charge in [0.15, 0.2) is 0 Å². The Morgan fingerprint density at radius 2 is 1.09 bits per heavy atom. The molecule has 0 spiro atoms. The van der Waals surface area contributed by atoms with Crippen molar-refractivity contribution >= 4 is 23.5 Å². The maximum absolute atomic E-state index is 11.4. The van der Waals surface area contributed by atoms with Crippen LogP contribution in [-0.4, -0.2) is 43.1 Å². The molecule has 23 heavy (non-hydrogen) atoms. The molecule has 0 rings (SSSR count). The van der Waals surface area contributed by atoms with Crippen molar-refractivity contribution in [3.8, 4) is 0 Å². The minimum absolute atomic E-state index is 0.0493. The van der Waals surface area contributed by atoms with E-state index in [0.717, 1.165) is 0 Å². The average Bonchev–Trinajstić information content (AvgIpc) is 2.54. The van der Waals surface area contributed by atoms with Crippen LogP contribution in [0, 0.1) is 0 Å². The van der Waals surface area contributed by atoms with E-state index in [9.17, 15) is 19.2 Å². The van der Waals surface area contributed by atoms with Crippen molar-refractivity contribution in [2.75, 3.05) is 19.6 Å². The fraction of sp³-hybridized carbons (Fsp3) is 0.750. The van der Waals surface area contributed by atoms with Gasteiger partial charge in [-0.15, -0.1) is 0 Å². The van der Waals surface area contributed by atoms with Crippen LogP contribution in [0.5, 0.6) is 0 Å². The topological polar surface area (TPSA) is 104 Å². The molecular formula is C16H31N3O4. The highest BCUT2D eigenvalue weighted by molar-refractivity contribution is 5.85. The number of Topliss-reactive ketones (excluding diaryl/α,β-unsaturated/α-hetero) is 1. The van der Waals surface area contributed by atoms with E-state index in [1.165, 1.54) is 0 Å². The smallest absolute Gasteiger partial charge is 0.221 e. The zero-order valence-corrected chi connectivity index (χ0v) is 14.8. The van der Waals surface area contributed by atoms with Crippen LogP contribution in [0.4, 0.5) is 0 Å². The van der Waals surface area contributed by atoms with Gasteiger partial charge in [0, 0.05) is 51.7 Å². The van der Waals surface area contributed by atoms with Gasteiger partial charge in [0.1, 0.15) is 5.78 Å². The first kappa shape index (κ1) is 23.3. The second-order valence-corrected chi connectivity index (χ2v) is 4.55. The largest absolute Gasteiger partial charge is 0.356 e. The third-order valence-corrected chi connectivity index (χ3v) is 2.75. The van der Waals surface area contributed by atoms with Crippen molar-refractivity contribution in [1.82, 2.24) is 16.0 Å². The van der Waals surface area contributed by atoms with Gasteiger partial charge in [-0.05, 0) is 6.92 Å². The molecule has 134 valence electrons. The molecule has 7 nitrogen and oxygen atoms in total. The zero-order chi connectivity index (χ0) is 18.1. The van der Waals surface area contributed by atoms with Crippen molar-refractivity contribution in [1.29, 1.82) is 0 Å². The lowest BCUT2D eigenvalue weighted by molar-refractivity contribution is -0.125. The number of carbonyl (C=O) groups excluding carboxylic acids is 4. The van der Waals surface area contributed by atoms with Gasteiger partial charge in [0.25, 0.3) is 0 Å². The number of hydrogen-bond donors (Lipinski definition) is 3. The van der Waals surface area contributed by atoms with E-state index in [0.29, 0.717) is 13.0 Å². The Morgan fingerprint density at radius 1 is 0.652 bits per heavy atom. The number of nitrogens with one attached hydrogen (secondary N) is 3. The summed E-state index contributed by atoms with van der Waals surface area (Å²) in [6.45, 7) is 8.66. The second-order valence-electron chi connectivity index (χ2n) is 4.55. The van der Waals surface area contributed by atoms with E-state index in [2.05, 4.69) is 16.0 Å². The molecule has 0 fully saturated rings. The highest BCUT2D eigenvalue weighted by atomic mass is 16.2. The summed E-state index contributed by atoms with van der Waals surface area (Å²) in [4.78, 5) is 45.0. The van der Waals surface area contributed by atoms with Crippen molar-refractivity contribution < 1.29 is 19.2 Å². The minimum Gasteiger partial charge on any atom is -0.356 e. The molecule has 0 aliphatic carbocycles. The maximum atomic E-state index is 11.4. The highest BCUT2D eigenvalue weighted by Crippen LogP contribution is 1.94. The summed E-state index contributed by atoms with van der Waals surface area (Å²) in [5.74, 6) is -0.504. The van der Waals surface area contributed by atoms with Crippen molar-refractivity contribution in [3.05, 3.63) is 0 Å². The second kappa shape index (κ2) is 16.5. The monoisotopic (exact) mass is 329 g/mol. The molecule has 0 aromatic heterocycles. The standard InChI is InChI=1S/C14H25N3O4.C2H6/c1-3-11(18)5-6-12(19)16-10-8-14(21)17-9-7-13(20)15-4-2;1-2/h3-10H2,1-2H3,(H,15,20)(H,16,19)(H,17,21);1-2H3. The summed E-state index contributed by atoms with van der Waals surface area (Å²) in [6, 6.07) is 0. The van der Waals surface area contributed by atoms with E-state index in [1.54, 1.807) is 6.92 Å². The number of carbonyl (C=O) groups is 4. The van der Waals surface area contributed by atoms with Crippen LogP contribution in [0.2, 0.25) is 0 Å². The van der Waals surface area contributed by atoms with Gasteiger partial charge in [-0.25, -0.2) is 0 Å². The normalized spacial score (nSPS) is 9.22. The zero-order valence-electron chi connectivity index (χ0n) is 14.8. The van der Waals surface area contributed by atoms with E-state index in [-0.39, 0.29) is 62.3 Å². The van der Waals surface area contributed by atoms with Crippen LogP contribution in [0.15, 0.2) is 0 Å². The van der Waals surface area contributed by atoms with E-state index in [1.807, 2.05) is 20.8 Å². The van der Waals surface area contributed by atoms with Crippen molar-refractivity contribution in [2.45, 2.75) is 59.8 Å². The van der Waals surface area contributed by atoms with E-state index >= 15 is 0 Å². The van der Waals surface area contributed by atoms with Crippen LogP contribution in [0.3, 0.4) is 0 Å². The molecule has 0 aromatic carbocycles. The Labute approximate surface area is 139 Å². The predicted molar refractivity (Wildman–Crippen MR) is 89.8 cm³/mol. The fourth-order valence-corrected chi connectivity index (χ4v) is 1.52. The molecule has 0 saturated heterocycles. The molecular weight excluding hydrogens is 298 g/mol. The van der Waals surface area contributed by atoms with E-state index in [4.69, 9.17) is 0 Å². The van der Waals surface area contributed by atoms with Gasteiger partial charge < -0.3 is 16.0 Å². The predicted octanol–water partition coefficient (Wildman–Crippen LogP) is 0.921. The third-order valence-electron chi connectivity index (χ3n) is 2.75. The Kier molecular flexibility index (Phi) is 16.7. The summed E-state index contributed by atoms with van der Waals surface area (Å²) in [5.41, 5.74) is 0. The van der Waals surface area contributed by atoms with Crippen LogP contribution in [-0.2, 0) is 19.2 Å². The summed E-state index contributed by atoms with van der Waals surface area (Å²) in [5, 5.41) is 7.81. The van der Waals surface area contributed by atoms with Gasteiger partial charge in [0.2, 0.25) is 17.7 Å². The van der Waals surface area contributed by atoms with E-state index < -0.39 is 0 Å². The lowest BCUT2D eigenvalue weighted by atomic mass is 10.2. The molecule has 0 aliphatic rings. The lowest BCUT2D eigenvalue weighted by Gasteiger charge is -2.06. The van der Waals surface area contributed by atoms with Crippen LogP contribution in [0.1, 0.15) is 59.8 Å². The van der Waals surface area contributed by atoms with Crippen LogP contribution in [0.25, 0.3) is 0 Å². The third kappa shape index (κ3) is 16.3. The number of hydrogen-bond acceptors (Lipinski definition) is 4. The molecule has 0 radical (unpaired) electrons. The SMILES string of the molecule is CC.CCNC(=O)CCNC(=O)CCNC(=O)CCC(=O)CC. The van der Waals surface area contributed by atoms with Crippen LogP contribution >= 0.6 is 0 Å². The summed E-state index contributed by atoms with van der Waals surface area (Å²) in [7, 11) is 0. The Balaban J connectivity index is 0. The number of amides is 3. The first-order valence-electron chi connectivity index (χ1n) is 8.31. The fourth-order valence-electron chi connectivity index (χ4n) is 1.52. The number of rotatable bonds is 11. The number of ketones is 1. The summed E-state index contributed by atoms with van der Waals surface area (Å²) in [6.07, 6.45) is 1.22. The summed E-state index contributed by atoms with van der Waals surface area (Å²) >= 11 is 0. The maximum Gasteiger partial charge on any atom is 0.221 e. The average molecular weight is 329 g/mol. The molecule has 0 bridgehead atoms. The van der Waals surface area contributed by atoms with Gasteiger partial charge in [0.05, 0.1) is 0 Å². The van der Waals surface area contributed by atoms with Gasteiger partial charge >= 0.3 is 0 Å². The lowest BCUT2D eigenvalue weighted by Crippen LogP contribution is -2.33. The van der Waals surface area contributed by atoms with Crippen molar-refractivity contribution in [2.24, 2.45) is 0 Å². The molecule has 7 heteroatoms. The first-order chi connectivity index (χ1) is 11.0. The van der Waals surface area contributed by atoms with Crippen molar-refractivity contribution in [3.63, 3.8) is 0 Å². The minimum atomic E-state index is -0.230.